The number of carbonyl (C=O) groups is 1. The molecule has 0 radical (unpaired) electrons. The van der Waals surface area contributed by atoms with Crippen molar-refractivity contribution in [2.24, 2.45) is 16.5 Å². The van der Waals surface area contributed by atoms with E-state index in [9.17, 15) is 14.3 Å². The van der Waals surface area contributed by atoms with Gasteiger partial charge in [0.25, 0.3) is 5.91 Å². The standard InChI is InChI=1S/C21H26FN5O2S/c1-12-4-7-16(25-11-12)18(28)26-13-5-6-15(22)14(10-13)20(2)17(8-9-23)30-21(3,29)19(24)27-20/h4-7,10-11,17,29H,8-9,23H2,1-3H3,(H2,24,27)(H,26,28)/t17?,20-,21-/m1/s1. The number of nitrogens with one attached hydrogen (secondary N) is 1. The van der Waals surface area contributed by atoms with Crippen LogP contribution in [-0.2, 0) is 5.54 Å². The van der Waals surface area contributed by atoms with E-state index in [1.165, 1.54) is 23.9 Å². The molecule has 1 aromatic carbocycles. The second-order valence-electron chi connectivity index (χ2n) is 7.68. The number of pyridine rings is 1. The van der Waals surface area contributed by atoms with Gasteiger partial charge >= 0.3 is 0 Å². The van der Waals surface area contributed by atoms with Crippen LogP contribution >= 0.6 is 11.8 Å². The van der Waals surface area contributed by atoms with Gasteiger partial charge in [0.15, 0.2) is 4.93 Å². The van der Waals surface area contributed by atoms with E-state index in [-0.39, 0.29) is 22.3 Å². The largest absolute Gasteiger partial charge is 0.384 e. The molecule has 3 rings (SSSR count). The number of amides is 1. The van der Waals surface area contributed by atoms with E-state index in [2.05, 4.69) is 15.3 Å². The number of carbonyl (C=O) groups excluding carboxylic acids is 1. The van der Waals surface area contributed by atoms with E-state index in [0.717, 1.165) is 5.56 Å². The molecule has 0 spiro atoms. The van der Waals surface area contributed by atoms with Gasteiger partial charge in [0, 0.05) is 22.7 Å². The topological polar surface area (TPSA) is 127 Å². The number of anilines is 1. The third kappa shape index (κ3) is 4.33. The van der Waals surface area contributed by atoms with E-state index >= 15 is 0 Å². The Labute approximate surface area is 179 Å². The van der Waals surface area contributed by atoms with Crippen molar-refractivity contribution in [2.45, 2.75) is 42.9 Å². The van der Waals surface area contributed by atoms with Crippen molar-refractivity contribution in [1.29, 1.82) is 0 Å². The highest BCUT2D eigenvalue weighted by Crippen LogP contribution is 2.47. The minimum atomic E-state index is -1.36. The fraction of sp³-hybridized carbons (Fsp3) is 0.381. The lowest BCUT2D eigenvalue weighted by Gasteiger charge is -2.43. The summed E-state index contributed by atoms with van der Waals surface area (Å²) in [6.45, 7) is 5.54. The number of aryl methyl sites for hydroxylation is 1. The molecule has 2 aromatic rings. The average Bonchev–Trinajstić information content (AvgIpc) is 2.68. The maximum atomic E-state index is 14.9. The SMILES string of the molecule is Cc1ccc(C(=O)Nc2ccc(F)c([C@@]3(C)N=C(N)[C@](C)(O)SC3CCN)c2)nc1. The number of halogens is 1. The fourth-order valence-corrected chi connectivity index (χ4v) is 4.77. The van der Waals surface area contributed by atoms with Gasteiger partial charge in [-0.2, -0.15) is 0 Å². The minimum Gasteiger partial charge on any atom is -0.384 e. The Morgan fingerprint density at radius 1 is 1.33 bits per heavy atom. The molecule has 9 heteroatoms. The number of aliphatic imine (C=N–C) groups is 1. The van der Waals surface area contributed by atoms with Gasteiger partial charge in [-0.05, 0) is 63.6 Å². The van der Waals surface area contributed by atoms with Crippen LogP contribution < -0.4 is 16.8 Å². The zero-order valence-electron chi connectivity index (χ0n) is 17.1. The van der Waals surface area contributed by atoms with Crippen LogP contribution in [0.15, 0.2) is 41.5 Å². The monoisotopic (exact) mass is 431 g/mol. The number of hydrogen-bond donors (Lipinski definition) is 4. The Balaban J connectivity index is 1.98. The predicted octanol–water partition coefficient (Wildman–Crippen LogP) is 2.53. The molecular weight excluding hydrogens is 405 g/mol. The molecule has 7 nitrogen and oxygen atoms in total. The van der Waals surface area contributed by atoms with Crippen molar-refractivity contribution in [3.05, 3.63) is 59.2 Å². The summed E-state index contributed by atoms with van der Waals surface area (Å²) >= 11 is 1.21. The maximum absolute atomic E-state index is 14.9. The Bertz CT molecular complexity index is 980. The van der Waals surface area contributed by atoms with Crippen molar-refractivity contribution < 1.29 is 14.3 Å². The van der Waals surface area contributed by atoms with Crippen molar-refractivity contribution in [3.8, 4) is 0 Å². The normalized spacial score (nSPS) is 26.2. The summed E-state index contributed by atoms with van der Waals surface area (Å²) < 4.78 is 14.9. The van der Waals surface area contributed by atoms with Gasteiger partial charge in [-0.15, -0.1) is 11.8 Å². The molecule has 3 atom stereocenters. The Hall–Kier alpha value is -2.49. The van der Waals surface area contributed by atoms with Gasteiger partial charge in [0.05, 0.1) is 5.54 Å². The summed E-state index contributed by atoms with van der Waals surface area (Å²) in [6, 6.07) is 7.72. The van der Waals surface area contributed by atoms with Crippen LogP contribution in [-0.4, -0.2) is 38.6 Å². The number of nitrogens with zero attached hydrogens (tertiary/aromatic N) is 2. The first-order chi connectivity index (χ1) is 14.1. The molecule has 0 fully saturated rings. The lowest BCUT2D eigenvalue weighted by Crippen LogP contribution is -2.51. The van der Waals surface area contributed by atoms with Gasteiger partial charge in [-0.3, -0.25) is 14.8 Å². The lowest BCUT2D eigenvalue weighted by atomic mass is 9.86. The molecule has 1 unspecified atom stereocenters. The van der Waals surface area contributed by atoms with E-state index in [1.54, 1.807) is 38.2 Å². The second-order valence-corrected chi connectivity index (χ2v) is 9.28. The highest BCUT2D eigenvalue weighted by molar-refractivity contribution is 8.01. The number of hydrogen-bond acceptors (Lipinski definition) is 7. The van der Waals surface area contributed by atoms with Crippen LogP contribution in [0.3, 0.4) is 0 Å². The number of rotatable bonds is 5. The smallest absolute Gasteiger partial charge is 0.274 e. The van der Waals surface area contributed by atoms with Crippen molar-refractivity contribution in [3.63, 3.8) is 0 Å². The van der Waals surface area contributed by atoms with Crippen LogP contribution in [0, 0.1) is 12.7 Å². The first-order valence-electron chi connectivity index (χ1n) is 9.57. The zero-order chi connectivity index (χ0) is 22.1. The zero-order valence-corrected chi connectivity index (χ0v) is 18.0. The highest BCUT2D eigenvalue weighted by Gasteiger charge is 2.47. The third-order valence-electron chi connectivity index (χ3n) is 5.17. The van der Waals surface area contributed by atoms with Gasteiger partial charge in [-0.1, -0.05) is 6.07 Å². The summed E-state index contributed by atoms with van der Waals surface area (Å²) in [5.41, 5.74) is 12.5. The Kier molecular flexibility index (Phi) is 6.16. The van der Waals surface area contributed by atoms with Gasteiger partial charge in [-0.25, -0.2) is 4.39 Å². The summed E-state index contributed by atoms with van der Waals surface area (Å²) in [4.78, 5) is 19.8. The van der Waals surface area contributed by atoms with E-state index in [4.69, 9.17) is 11.5 Å². The fourth-order valence-electron chi connectivity index (χ4n) is 3.39. The van der Waals surface area contributed by atoms with Crippen molar-refractivity contribution in [2.75, 3.05) is 11.9 Å². The Morgan fingerprint density at radius 2 is 2.07 bits per heavy atom. The molecule has 1 aliphatic rings. The molecule has 1 aliphatic heterocycles. The number of aromatic nitrogens is 1. The van der Waals surface area contributed by atoms with Gasteiger partial charge < -0.3 is 21.9 Å². The summed E-state index contributed by atoms with van der Waals surface area (Å²) in [7, 11) is 0. The molecule has 2 heterocycles. The second kappa shape index (κ2) is 8.33. The quantitative estimate of drug-likeness (QED) is 0.576. The molecule has 6 N–H and O–H groups in total. The summed E-state index contributed by atoms with van der Waals surface area (Å²) in [5, 5.41) is 12.9. The summed E-state index contributed by atoms with van der Waals surface area (Å²) in [6.07, 6.45) is 2.10. The van der Waals surface area contributed by atoms with Crippen molar-refractivity contribution >= 4 is 29.2 Å². The van der Waals surface area contributed by atoms with E-state index < -0.39 is 22.2 Å². The van der Waals surface area contributed by atoms with E-state index in [0.29, 0.717) is 18.7 Å². The molecule has 30 heavy (non-hydrogen) atoms. The van der Waals surface area contributed by atoms with Crippen LogP contribution in [0.25, 0.3) is 0 Å². The molecule has 0 bridgehead atoms. The Morgan fingerprint density at radius 3 is 2.70 bits per heavy atom. The van der Waals surface area contributed by atoms with Crippen LogP contribution in [0.4, 0.5) is 10.1 Å². The number of benzene rings is 1. The highest BCUT2D eigenvalue weighted by atomic mass is 32.2. The maximum Gasteiger partial charge on any atom is 0.274 e. The van der Waals surface area contributed by atoms with Crippen molar-refractivity contribution in [1.82, 2.24) is 4.98 Å². The predicted molar refractivity (Wildman–Crippen MR) is 118 cm³/mol. The lowest BCUT2D eigenvalue weighted by molar-refractivity contribution is 0.102. The molecule has 0 saturated carbocycles. The van der Waals surface area contributed by atoms with E-state index in [1.807, 2.05) is 6.92 Å². The number of nitrogens with two attached hydrogens (primary N) is 2. The minimum absolute atomic E-state index is 0.0148. The van der Waals surface area contributed by atoms with Gasteiger partial charge in [0.2, 0.25) is 0 Å². The van der Waals surface area contributed by atoms with Gasteiger partial charge in [0.1, 0.15) is 17.3 Å². The molecule has 1 amide bonds. The van der Waals surface area contributed by atoms with Crippen LogP contribution in [0.1, 0.15) is 41.9 Å². The van der Waals surface area contributed by atoms with Crippen LogP contribution in [0.2, 0.25) is 0 Å². The number of thioether (sulfide) groups is 1. The number of amidine groups is 1. The van der Waals surface area contributed by atoms with Crippen LogP contribution in [0.5, 0.6) is 0 Å². The first-order valence-corrected chi connectivity index (χ1v) is 10.4. The summed E-state index contributed by atoms with van der Waals surface area (Å²) in [5.74, 6) is -0.870. The first kappa shape index (κ1) is 22.2. The number of aliphatic hydroxyl groups is 1. The average molecular weight is 432 g/mol. The molecule has 1 aromatic heterocycles. The molecule has 160 valence electrons. The molecule has 0 aliphatic carbocycles. The molecular formula is C21H26FN5O2S. The molecule has 0 saturated heterocycles. The third-order valence-corrected chi connectivity index (χ3v) is 6.82.